The fourth-order valence-electron chi connectivity index (χ4n) is 4.54. The van der Waals surface area contributed by atoms with Gasteiger partial charge in [0.1, 0.15) is 6.67 Å². The van der Waals surface area contributed by atoms with Crippen molar-refractivity contribution < 1.29 is 35.9 Å². The standard InChI is InChI=1S/C29H28F4N2O4S/c1-2-40(38,39)25-10-5-20(6-11-25)26(18-36)34-28(37)21-7-12-27-22(16-21)17-24(35(27)14-13-30)15-19-3-8-23(9-4-19)29(31,32)33/h3-12,16-17,26,36H,2,13-15,18H2,1H3,(H,34,37). The summed E-state index contributed by atoms with van der Waals surface area (Å²) in [5.74, 6) is -0.526. The van der Waals surface area contributed by atoms with Crippen LogP contribution in [-0.2, 0) is 29.0 Å². The predicted octanol–water partition coefficient (Wildman–Crippen LogP) is 5.48. The number of aryl methyl sites for hydroxylation is 1. The Labute approximate surface area is 229 Å². The second kappa shape index (κ2) is 11.8. The molecule has 1 heterocycles. The Morgan fingerprint density at radius 2 is 1.68 bits per heavy atom. The van der Waals surface area contributed by atoms with Gasteiger partial charge in [0, 0.05) is 28.6 Å². The van der Waals surface area contributed by atoms with E-state index in [1.807, 2.05) is 0 Å². The average Bonchev–Trinajstić information content (AvgIpc) is 3.27. The van der Waals surface area contributed by atoms with Crippen molar-refractivity contribution in [3.8, 4) is 0 Å². The lowest BCUT2D eigenvalue weighted by Crippen LogP contribution is -2.30. The molecule has 0 bridgehead atoms. The minimum atomic E-state index is -4.44. The van der Waals surface area contributed by atoms with Crippen LogP contribution in [0.5, 0.6) is 0 Å². The van der Waals surface area contributed by atoms with Crippen molar-refractivity contribution >= 4 is 26.6 Å². The van der Waals surface area contributed by atoms with E-state index in [4.69, 9.17) is 0 Å². The zero-order valence-corrected chi connectivity index (χ0v) is 22.4. The maximum Gasteiger partial charge on any atom is 0.416 e. The molecule has 11 heteroatoms. The summed E-state index contributed by atoms with van der Waals surface area (Å²) >= 11 is 0. The number of aromatic nitrogens is 1. The third-order valence-electron chi connectivity index (χ3n) is 6.73. The monoisotopic (exact) mass is 576 g/mol. The van der Waals surface area contributed by atoms with Crippen LogP contribution in [-0.4, -0.2) is 43.0 Å². The number of carbonyl (C=O) groups is 1. The quantitative estimate of drug-likeness (QED) is 0.245. The number of hydrogen-bond acceptors (Lipinski definition) is 4. The van der Waals surface area contributed by atoms with Gasteiger partial charge in [0.2, 0.25) is 0 Å². The minimum absolute atomic E-state index is 0.0430. The van der Waals surface area contributed by atoms with Crippen molar-refractivity contribution in [3.63, 3.8) is 0 Å². The number of benzene rings is 3. The lowest BCUT2D eigenvalue weighted by molar-refractivity contribution is -0.137. The van der Waals surface area contributed by atoms with Crippen molar-refractivity contribution in [1.82, 2.24) is 9.88 Å². The van der Waals surface area contributed by atoms with Gasteiger partial charge in [-0.15, -0.1) is 0 Å². The largest absolute Gasteiger partial charge is 0.416 e. The second-order valence-electron chi connectivity index (χ2n) is 9.30. The first-order chi connectivity index (χ1) is 19.0. The Bertz CT molecular complexity index is 1600. The fourth-order valence-corrected chi connectivity index (χ4v) is 5.42. The topological polar surface area (TPSA) is 88.4 Å². The number of alkyl halides is 4. The van der Waals surface area contributed by atoms with Gasteiger partial charge < -0.3 is 15.0 Å². The molecule has 4 aromatic rings. The van der Waals surface area contributed by atoms with Gasteiger partial charge in [0.05, 0.1) is 35.4 Å². The maximum absolute atomic E-state index is 13.4. The molecule has 0 saturated carbocycles. The Kier molecular flexibility index (Phi) is 8.65. The highest BCUT2D eigenvalue weighted by molar-refractivity contribution is 7.91. The van der Waals surface area contributed by atoms with Gasteiger partial charge in [-0.2, -0.15) is 13.2 Å². The molecular weight excluding hydrogens is 548 g/mol. The number of nitrogens with zero attached hydrogens (tertiary/aromatic N) is 1. The molecular formula is C29H28F4N2O4S. The van der Waals surface area contributed by atoms with E-state index in [9.17, 15) is 35.9 Å². The van der Waals surface area contributed by atoms with Gasteiger partial charge in [-0.25, -0.2) is 12.8 Å². The van der Waals surface area contributed by atoms with Crippen molar-refractivity contribution in [2.24, 2.45) is 0 Å². The summed E-state index contributed by atoms with van der Waals surface area (Å²) in [6.07, 6.45) is -4.17. The van der Waals surface area contributed by atoms with E-state index in [2.05, 4.69) is 5.32 Å². The normalized spacial score (nSPS) is 12.9. The van der Waals surface area contributed by atoms with Crippen molar-refractivity contribution in [1.29, 1.82) is 0 Å². The molecule has 4 rings (SSSR count). The van der Waals surface area contributed by atoms with Crippen LogP contribution in [0.4, 0.5) is 17.6 Å². The number of amides is 1. The number of aliphatic hydroxyl groups excluding tert-OH is 1. The number of sulfone groups is 1. The van der Waals surface area contributed by atoms with Gasteiger partial charge in [-0.05, 0) is 59.7 Å². The molecule has 212 valence electrons. The molecule has 1 atom stereocenters. The van der Waals surface area contributed by atoms with Gasteiger partial charge in [-0.1, -0.05) is 31.2 Å². The first-order valence-corrected chi connectivity index (χ1v) is 14.2. The number of aliphatic hydroxyl groups is 1. The average molecular weight is 577 g/mol. The third kappa shape index (κ3) is 6.37. The van der Waals surface area contributed by atoms with Crippen LogP contribution < -0.4 is 5.32 Å². The molecule has 0 fully saturated rings. The van der Waals surface area contributed by atoms with Crippen molar-refractivity contribution in [2.75, 3.05) is 19.0 Å². The van der Waals surface area contributed by atoms with Crippen molar-refractivity contribution in [3.05, 3.63) is 101 Å². The van der Waals surface area contributed by atoms with Crippen LogP contribution in [0.2, 0.25) is 0 Å². The van der Waals surface area contributed by atoms with E-state index < -0.39 is 46.8 Å². The SMILES string of the molecule is CCS(=O)(=O)c1ccc(C(CO)NC(=O)c2ccc3c(c2)cc(Cc2ccc(C(F)(F)F)cc2)n3CCF)cc1. The molecule has 1 unspecified atom stereocenters. The molecule has 0 radical (unpaired) electrons. The summed E-state index contributed by atoms with van der Waals surface area (Å²) in [5.41, 5.74) is 2.04. The first kappa shape index (κ1) is 29.3. The molecule has 1 amide bonds. The molecule has 0 aliphatic carbocycles. The summed E-state index contributed by atoms with van der Waals surface area (Å²) in [5, 5.41) is 13.3. The number of hydrogen-bond donors (Lipinski definition) is 2. The van der Waals surface area contributed by atoms with Crippen LogP contribution in [0, 0.1) is 0 Å². The van der Waals surface area contributed by atoms with Gasteiger partial charge in [0.15, 0.2) is 9.84 Å². The number of carbonyl (C=O) groups excluding carboxylic acids is 1. The molecule has 40 heavy (non-hydrogen) atoms. The lowest BCUT2D eigenvalue weighted by Gasteiger charge is -2.17. The molecule has 1 aromatic heterocycles. The smallest absolute Gasteiger partial charge is 0.394 e. The zero-order chi connectivity index (χ0) is 29.1. The maximum atomic E-state index is 13.4. The molecule has 0 saturated heterocycles. The van der Waals surface area contributed by atoms with Gasteiger partial charge in [-0.3, -0.25) is 4.79 Å². The molecule has 0 aliphatic rings. The van der Waals surface area contributed by atoms with E-state index in [-0.39, 0.29) is 29.2 Å². The number of halogens is 4. The predicted molar refractivity (Wildman–Crippen MR) is 144 cm³/mol. The summed E-state index contributed by atoms with van der Waals surface area (Å²) in [6.45, 7) is 0.516. The summed E-state index contributed by atoms with van der Waals surface area (Å²) < 4.78 is 78.0. The van der Waals surface area contributed by atoms with Crippen LogP contribution in [0.3, 0.4) is 0 Å². The molecule has 0 spiro atoms. The molecule has 2 N–H and O–H groups in total. The van der Waals surface area contributed by atoms with E-state index >= 15 is 0 Å². The van der Waals surface area contributed by atoms with Crippen LogP contribution in [0.15, 0.2) is 77.7 Å². The Morgan fingerprint density at radius 3 is 2.25 bits per heavy atom. The highest BCUT2D eigenvalue weighted by Crippen LogP contribution is 2.30. The van der Waals surface area contributed by atoms with Crippen LogP contribution in [0.1, 0.15) is 45.7 Å². The van der Waals surface area contributed by atoms with E-state index in [1.165, 1.54) is 36.4 Å². The van der Waals surface area contributed by atoms with Crippen LogP contribution in [0.25, 0.3) is 10.9 Å². The highest BCUT2D eigenvalue weighted by Gasteiger charge is 2.30. The van der Waals surface area contributed by atoms with Gasteiger partial charge >= 0.3 is 6.18 Å². The van der Waals surface area contributed by atoms with E-state index in [1.54, 1.807) is 35.8 Å². The number of rotatable bonds is 10. The number of fused-ring (bicyclic) bond motifs is 1. The van der Waals surface area contributed by atoms with Crippen LogP contribution >= 0.6 is 0 Å². The minimum Gasteiger partial charge on any atom is -0.394 e. The number of nitrogens with one attached hydrogen (secondary N) is 1. The summed E-state index contributed by atoms with van der Waals surface area (Å²) in [4.78, 5) is 13.2. The molecule has 0 aliphatic heterocycles. The zero-order valence-electron chi connectivity index (χ0n) is 21.6. The van der Waals surface area contributed by atoms with Gasteiger partial charge in [0.25, 0.3) is 5.91 Å². The second-order valence-corrected chi connectivity index (χ2v) is 11.6. The lowest BCUT2D eigenvalue weighted by atomic mass is 10.1. The van der Waals surface area contributed by atoms with Crippen molar-refractivity contribution in [2.45, 2.75) is 37.0 Å². The summed E-state index contributed by atoms with van der Waals surface area (Å²) in [7, 11) is -3.39. The third-order valence-corrected chi connectivity index (χ3v) is 8.48. The Hall–Kier alpha value is -3.70. The Balaban J connectivity index is 1.56. The fraction of sp³-hybridized carbons (Fsp3) is 0.276. The molecule has 3 aromatic carbocycles. The molecule has 6 nitrogen and oxygen atoms in total. The first-order valence-electron chi connectivity index (χ1n) is 12.6. The Morgan fingerprint density at radius 1 is 1.00 bits per heavy atom. The highest BCUT2D eigenvalue weighted by atomic mass is 32.2. The van der Waals surface area contributed by atoms with E-state index in [0.29, 0.717) is 27.7 Å². The summed E-state index contributed by atoms with van der Waals surface area (Å²) in [6, 6.07) is 16.6. The van der Waals surface area contributed by atoms with E-state index in [0.717, 1.165) is 12.1 Å².